The van der Waals surface area contributed by atoms with Gasteiger partial charge in [-0.15, -0.1) is 0 Å². The number of nitrogens with two attached hydrogens (primary N) is 1. The van der Waals surface area contributed by atoms with Gasteiger partial charge in [0.2, 0.25) is 0 Å². The van der Waals surface area contributed by atoms with Gasteiger partial charge in [-0.25, -0.2) is 8.78 Å². The lowest BCUT2D eigenvalue weighted by Crippen LogP contribution is -2.38. The summed E-state index contributed by atoms with van der Waals surface area (Å²) < 4.78 is 33.2. The average Bonchev–Trinajstić information content (AvgIpc) is 2.38. The van der Waals surface area contributed by atoms with Gasteiger partial charge in [0.25, 0.3) is 0 Å². The van der Waals surface area contributed by atoms with E-state index in [1.54, 1.807) is 0 Å². The first-order chi connectivity index (χ1) is 8.63. The van der Waals surface area contributed by atoms with Gasteiger partial charge in [0.05, 0.1) is 7.11 Å². The lowest BCUT2D eigenvalue weighted by molar-refractivity contribution is 0.280. The van der Waals surface area contributed by atoms with Crippen LogP contribution in [0.4, 0.5) is 8.78 Å². The van der Waals surface area contributed by atoms with Crippen molar-refractivity contribution in [3.05, 3.63) is 29.3 Å². The molecule has 2 N–H and O–H groups in total. The highest BCUT2D eigenvalue weighted by molar-refractivity contribution is 5.36. The van der Waals surface area contributed by atoms with Gasteiger partial charge in [-0.3, -0.25) is 0 Å². The van der Waals surface area contributed by atoms with E-state index in [0.29, 0.717) is 0 Å². The summed E-state index contributed by atoms with van der Waals surface area (Å²) in [5.41, 5.74) is 5.42. The Morgan fingerprint density at radius 3 is 2.17 bits per heavy atom. The zero-order valence-corrected chi connectivity index (χ0v) is 10.6. The third kappa shape index (κ3) is 2.21. The minimum atomic E-state index is -0.543. The van der Waals surface area contributed by atoms with E-state index in [2.05, 4.69) is 0 Å². The number of rotatable bonds is 3. The van der Waals surface area contributed by atoms with Crippen molar-refractivity contribution < 1.29 is 13.5 Å². The summed E-state index contributed by atoms with van der Waals surface area (Å²) in [6.07, 6.45) is 4.57. The molecule has 2 nitrogen and oxygen atoms in total. The molecule has 0 aliphatic heterocycles. The number of ether oxygens (including phenoxy) is 1. The minimum absolute atomic E-state index is 0.144. The average molecular weight is 255 g/mol. The predicted molar refractivity (Wildman–Crippen MR) is 66.7 cm³/mol. The zero-order valence-electron chi connectivity index (χ0n) is 10.6. The van der Waals surface area contributed by atoms with Gasteiger partial charge < -0.3 is 10.5 Å². The van der Waals surface area contributed by atoms with Gasteiger partial charge in [0, 0.05) is 29.7 Å². The van der Waals surface area contributed by atoms with Crippen LogP contribution < -0.4 is 10.5 Å². The largest absolute Gasteiger partial charge is 0.497 e. The second-order valence-electron chi connectivity index (χ2n) is 5.01. The van der Waals surface area contributed by atoms with Crippen LogP contribution in [0.25, 0.3) is 0 Å². The van der Waals surface area contributed by atoms with Crippen molar-refractivity contribution in [2.75, 3.05) is 13.7 Å². The number of methoxy groups -OCH3 is 1. The topological polar surface area (TPSA) is 35.2 Å². The van der Waals surface area contributed by atoms with Crippen molar-refractivity contribution >= 4 is 0 Å². The molecule has 18 heavy (non-hydrogen) atoms. The van der Waals surface area contributed by atoms with E-state index in [0.717, 1.165) is 32.1 Å². The molecule has 0 heterocycles. The first-order valence-corrected chi connectivity index (χ1v) is 6.36. The molecule has 1 fully saturated rings. The molecule has 0 radical (unpaired) electrons. The van der Waals surface area contributed by atoms with Crippen LogP contribution in [0.15, 0.2) is 12.1 Å². The molecule has 4 heteroatoms. The molecular formula is C14H19F2NO. The van der Waals surface area contributed by atoms with Crippen LogP contribution in [0.1, 0.15) is 37.7 Å². The maximum absolute atomic E-state index is 14.1. The highest BCUT2D eigenvalue weighted by Crippen LogP contribution is 2.41. The predicted octanol–water partition coefficient (Wildman–Crippen LogP) is 3.13. The maximum Gasteiger partial charge on any atom is 0.133 e. The van der Waals surface area contributed by atoms with Crippen molar-refractivity contribution in [2.45, 2.75) is 37.5 Å². The Hall–Kier alpha value is -1.16. The number of hydrogen-bond acceptors (Lipinski definition) is 2. The maximum atomic E-state index is 14.1. The first kappa shape index (κ1) is 13.3. The van der Waals surface area contributed by atoms with E-state index in [4.69, 9.17) is 10.5 Å². The van der Waals surface area contributed by atoms with E-state index in [-0.39, 0.29) is 17.9 Å². The van der Waals surface area contributed by atoms with Crippen LogP contribution in [0.5, 0.6) is 5.75 Å². The molecule has 0 saturated heterocycles. The van der Waals surface area contributed by atoms with Gasteiger partial charge in [0.15, 0.2) is 0 Å². The monoisotopic (exact) mass is 255 g/mol. The highest BCUT2D eigenvalue weighted by Gasteiger charge is 2.37. The molecule has 1 saturated carbocycles. The van der Waals surface area contributed by atoms with Crippen molar-refractivity contribution in [3.8, 4) is 5.75 Å². The lowest BCUT2D eigenvalue weighted by Gasteiger charge is -2.37. The van der Waals surface area contributed by atoms with E-state index in [1.165, 1.54) is 19.2 Å². The van der Waals surface area contributed by atoms with Crippen molar-refractivity contribution in [1.29, 1.82) is 0 Å². The molecule has 1 aliphatic carbocycles. The third-order valence-corrected chi connectivity index (χ3v) is 3.98. The van der Waals surface area contributed by atoms with Gasteiger partial charge in [-0.2, -0.15) is 0 Å². The van der Waals surface area contributed by atoms with Crippen LogP contribution in [-0.4, -0.2) is 13.7 Å². The lowest BCUT2D eigenvalue weighted by atomic mass is 9.69. The summed E-state index contributed by atoms with van der Waals surface area (Å²) in [4.78, 5) is 0. The number of hydrogen-bond donors (Lipinski definition) is 1. The normalized spacial score (nSPS) is 18.7. The summed E-state index contributed by atoms with van der Waals surface area (Å²) in [5.74, 6) is -0.880. The van der Waals surface area contributed by atoms with E-state index >= 15 is 0 Å². The van der Waals surface area contributed by atoms with Crippen molar-refractivity contribution in [3.63, 3.8) is 0 Å². The zero-order chi connectivity index (χ0) is 13.2. The van der Waals surface area contributed by atoms with Crippen LogP contribution in [0, 0.1) is 11.6 Å². The molecule has 0 amide bonds. The second kappa shape index (κ2) is 5.22. The Morgan fingerprint density at radius 1 is 1.17 bits per heavy atom. The van der Waals surface area contributed by atoms with Crippen LogP contribution in [0.2, 0.25) is 0 Å². The summed E-state index contributed by atoms with van der Waals surface area (Å²) in [7, 11) is 1.40. The highest BCUT2D eigenvalue weighted by atomic mass is 19.1. The van der Waals surface area contributed by atoms with Crippen LogP contribution >= 0.6 is 0 Å². The molecule has 100 valence electrons. The molecule has 0 bridgehead atoms. The van der Waals surface area contributed by atoms with E-state index in [1.807, 2.05) is 0 Å². The summed E-state index contributed by atoms with van der Waals surface area (Å²) in [6, 6.07) is 2.48. The molecule has 1 aliphatic rings. The van der Waals surface area contributed by atoms with Crippen molar-refractivity contribution in [1.82, 2.24) is 0 Å². The molecule has 0 aromatic heterocycles. The molecule has 1 aromatic rings. The SMILES string of the molecule is COc1cc(F)c(C2(CN)CCCCC2)c(F)c1. The molecule has 2 rings (SSSR count). The Kier molecular flexibility index (Phi) is 3.85. The summed E-state index contributed by atoms with van der Waals surface area (Å²) >= 11 is 0. The third-order valence-electron chi connectivity index (χ3n) is 3.98. The molecule has 0 spiro atoms. The van der Waals surface area contributed by atoms with Gasteiger partial charge in [-0.1, -0.05) is 19.3 Å². The number of benzene rings is 1. The minimum Gasteiger partial charge on any atom is -0.497 e. The fourth-order valence-corrected chi connectivity index (χ4v) is 2.96. The standard InChI is InChI=1S/C14H19F2NO/c1-18-10-7-11(15)13(12(16)8-10)14(9-17)5-3-2-4-6-14/h7-8H,2-6,9,17H2,1H3. The number of halogens is 2. The van der Waals surface area contributed by atoms with Crippen LogP contribution in [-0.2, 0) is 5.41 Å². The van der Waals surface area contributed by atoms with E-state index in [9.17, 15) is 8.78 Å². The van der Waals surface area contributed by atoms with Gasteiger partial charge in [0.1, 0.15) is 17.4 Å². The molecule has 1 aromatic carbocycles. The van der Waals surface area contributed by atoms with E-state index < -0.39 is 17.0 Å². The first-order valence-electron chi connectivity index (χ1n) is 6.36. The smallest absolute Gasteiger partial charge is 0.133 e. The Labute approximate surface area is 106 Å². The fraction of sp³-hybridized carbons (Fsp3) is 0.571. The van der Waals surface area contributed by atoms with Gasteiger partial charge >= 0.3 is 0 Å². The fourth-order valence-electron chi connectivity index (χ4n) is 2.96. The Morgan fingerprint density at radius 2 is 1.72 bits per heavy atom. The Balaban J connectivity index is 2.48. The van der Waals surface area contributed by atoms with Crippen molar-refractivity contribution in [2.24, 2.45) is 5.73 Å². The second-order valence-corrected chi connectivity index (χ2v) is 5.01. The van der Waals surface area contributed by atoms with Gasteiger partial charge in [-0.05, 0) is 12.8 Å². The quantitative estimate of drug-likeness (QED) is 0.900. The molecule has 0 unspecified atom stereocenters. The summed E-state index contributed by atoms with van der Waals surface area (Å²) in [5, 5.41) is 0. The molecule has 0 atom stereocenters. The Bertz CT molecular complexity index is 405. The summed E-state index contributed by atoms with van der Waals surface area (Å²) in [6.45, 7) is 0.285. The molecular weight excluding hydrogens is 236 g/mol. The van der Waals surface area contributed by atoms with Crippen LogP contribution in [0.3, 0.4) is 0 Å².